The van der Waals surface area contributed by atoms with Crippen molar-refractivity contribution in [3.8, 4) is 6.07 Å². The molecule has 12 heavy (non-hydrogen) atoms. The number of aliphatic carboxylic acids is 1. The second kappa shape index (κ2) is 3.88. The Balaban J connectivity index is 2.82. The van der Waals surface area contributed by atoms with Gasteiger partial charge in [0.05, 0.1) is 18.4 Å². The van der Waals surface area contributed by atoms with E-state index in [0.717, 1.165) is 0 Å². The summed E-state index contributed by atoms with van der Waals surface area (Å²) in [5.74, 6) is -1.60. The molecule has 0 fully saturated rings. The molecule has 62 valence electrons. The lowest BCUT2D eigenvalue weighted by atomic mass is 10.00. The average molecular weight is 181 g/mol. The van der Waals surface area contributed by atoms with Crippen molar-refractivity contribution in [2.75, 3.05) is 0 Å². The van der Waals surface area contributed by atoms with Crippen LogP contribution in [-0.2, 0) is 4.79 Å². The van der Waals surface area contributed by atoms with Crippen molar-refractivity contribution in [3.63, 3.8) is 0 Å². The van der Waals surface area contributed by atoms with Crippen molar-refractivity contribution in [3.05, 3.63) is 22.4 Å². The molecule has 0 aliphatic heterocycles. The maximum atomic E-state index is 10.6. The van der Waals surface area contributed by atoms with Gasteiger partial charge in [0.2, 0.25) is 0 Å². The van der Waals surface area contributed by atoms with Gasteiger partial charge in [-0.15, -0.1) is 0 Å². The number of nitriles is 1. The smallest absolute Gasteiger partial charge is 0.312 e. The summed E-state index contributed by atoms with van der Waals surface area (Å²) in [6, 6.07) is 3.60. The Morgan fingerprint density at radius 3 is 3.00 bits per heavy atom. The summed E-state index contributed by atoms with van der Waals surface area (Å²) in [5, 5.41) is 20.7. The fourth-order valence-corrected chi connectivity index (χ4v) is 1.63. The van der Waals surface area contributed by atoms with Crippen LogP contribution in [0.15, 0.2) is 16.8 Å². The van der Waals surface area contributed by atoms with Crippen LogP contribution in [-0.4, -0.2) is 11.1 Å². The molecule has 0 saturated heterocycles. The lowest BCUT2D eigenvalue weighted by Gasteiger charge is -2.04. The van der Waals surface area contributed by atoms with Gasteiger partial charge in [0.1, 0.15) is 0 Å². The first-order valence-electron chi connectivity index (χ1n) is 3.37. The first-order valence-corrected chi connectivity index (χ1v) is 4.32. The minimum atomic E-state index is -0.935. The molecule has 1 atom stereocenters. The monoisotopic (exact) mass is 181 g/mol. The van der Waals surface area contributed by atoms with Gasteiger partial charge < -0.3 is 5.11 Å². The summed E-state index contributed by atoms with van der Waals surface area (Å²) in [6.45, 7) is 0. The average Bonchev–Trinajstić information content (AvgIpc) is 2.51. The van der Waals surface area contributed by atoms with E-state index >= 15 is 0 Å². The summed E-state index contributed by atoms with van der Waals surface area (Å²) in [4.78, 5) is 10.6. The standard InChI is InChI=1S/C8H7NO2S/c9-3-1-7(8(10)11)6-2-4-12-5-6/h2,4-5,7H,1H2,(H,10,11). The number of rotatable bonds is 3. The van der Waals surface area contributed by atoms with Crippen LogP contribution in [0, 0.1) is 11.3 Å². The third kappa shape index (κ3) is 1.83. The van der Waals surface area contributed by atoms with Gasteiger partial charge in [0, 0.05) is 0 Å². The second-order valence-electron chi connectivity index (χ2n) is 2.31. The fourth-order valence-electron chi connectivity index (χ4n) is 0.912. The molecule has 1 unspecified atom stereocenters. The van der Waals surface area contributed by atoms with Crippen LogP contribution in [0.2, 0.25) is 0 Å². The third-order valence-corrected chi connectivity index (χ3v) is 2.24. The van der Waals surface area contributed by atoms with Crippen molar-refractivity contribution in [1.82, 2.24) is 0 Å². The number of nitrogens with zero attached hydrogens (tertiary/aromatic N) is 1. The van der Waals surface area contributed by atoms with Crippen molar-refractivity contribution in [1.29, 1.82) is 5.26 Å². The van der Waals surface area contributed by atoms with Gasteiger partial charge in [-0.05, 0) is 22.4 Å². The first-order chi connectivity index (χ1) is 5.75. The SMILES string of the molecule is N#CCC(C(=O)O)c1ccsc1. The van der Waals surface area contributed by atoms with Gasteiger partial charge in [-0.2, -0.15) is 16.6 Å². The molecule has 1 aromatic rings. The molecule has 0 aliphatic rings. The Hall–Kier alpha value is -1.34. The van der Waals surface area contributed by atoms with Crippen molar-refractivity contribution in [2.24, 2.45) is 0 Å². The highest BCUT2D eigenvalue weighted by Gasteiger charge is 2.19. The predicted molar refractivity (Wildman–Crippen MR) is 44.9 cm³/mol. The van der Waals surface area contributed by atoms with Crippen molar-refractivity contribution in [2.45, 2.75) is 12.3 Å². The van der Waals surface area contributed by atoms with Gasteiger partial charge in [-0.25, -0.2) is 0 Å². The van der Waals surface area contributed by atoms with Crippen LogP contribution in [0.3, 0.4) is 0 Å². The lowest BCUT2D eigenvalue weighted by Crippen LogP contribution is -2.09. The molecule has 0 saturated carbocycles. The van der Waals surface area contributed by atoms with Gasteiger partial charge >= 0.3 is 5.97 Å². The molecule has 1 N–H and O–H groups in total. The molecular weight excluding hydrogens is 174 g/mol. The highest BCUT2D eigenvalue weighted by Crippen LogP contribution is 2.21. The Kier molecular flexibility index (Phi) is 2.83. The second-order valence-corrected chi connectivity index (χ2v) is 3.09. The molecule has 3 nitrogen and oxygen atoms in total. The normalized spacial score (nSPS) is 11.9. The van der Waals surface area contributed by atoms with E-state index < -0.39 is 11.9 Å². The van der Waals surface area contributed by atoms with E-state index in [4.69, 9.17) is 10.4 Å². The van der Waals surface area contributed by atoms with Crippen molar-refractivity contribution >= 4 is 17.3 Å². The zero-order valence-corrected chi connectivity index (χ0v) is 7.04. The van der Waals surface area contributed by atoms with Gasteiger partial charge in [0.25, 0.3) is 0 Å². The molecule has 0 radical (unpaired) electrons. The number of hydrogen-bond donors (Lipinski definition) is 1. The van der Waals surface area contributed by atoms with Crippen LogP contribution in [0.1, 0.15) is 17.9 Å². The van der Waals surface area contributed by atoms with Crippen molar-refractivity contribution < 1.29 is 9.90 Å². The minimum absolute atomic E-state index is 0.0338. The zero-order chi connectivity index (χ0) is 8.97. The minimum Gasteiger partial charge on any atom is -0.481 e. The summed E-state index contributed by atoms with van der Waals surface area (Å²) in [7, 11) is 0. The largest absolute Gasteiger partial charge is 0.481 e. The number of thiophene rings is 1. The van der Waals surface area contributed by atoms with Gasteiger partial charge in [-0.1, -0.05) is 0 Å². The highest BCUT2D eigenvalue weighted by molar-refractivity contribution is 7.08. The van der Waals surface area contributed by atoms with E-state index in [0.29, 0.717) is 5.56 Å². The number of carbonyl (C=O) groups is 1. The maximum absolute atomic E-state index is 10.6. The number of carboxylic acids is 1. The topological polar surface area (TPSA) is 61.1 Å². The van der Waals surface area contributed by atoms with Crippen LogP contribution in [0.4, 0.5) is 0 Å². The maximum Gasteiger partial charge on any atom is 0.312 e. The first kappa shape index (κ1) is 8.75. The molecule has 4 heteroatoms. The number of hydrogen-bond acceptors (Lipinski definition) is 3. The Bertz CT molecular complexity index is 299. The molecule has 1 aromatic heterocycles. The van der Waals surface area contributed by atoms with Gasteiger partial charge in [-0.3, -0.25) is 4.79 Å². The summed E-state index contributed by atoms with van der Waals surface area (Å²) >= 11 is 1.44. The Labute approximate surface area is 73.9 Å². The van der Waals surface area contributed by atoms with Crippen LogP contribution in [0.5, 0.6) is 0 Å². The Morgan fingerprint density at radius 1 is 1.83 bits per heavy atom. The van der Waals surface area contributed by atoms with E-state index in [1.807, 2.05) is 11.4 Å². The van der Waals surface area contributed by atoms with Crippen LogP contribution >= 0.6 is 11.3 Å². The highest BCUT2D eigenvalue weighted by atomic mass is 32.1. The van der Waals surface area contributed by atoms with E-state index in [2.05, 4.69) is 0 Å². The van der Waals surface area contributed by atoms with Gasteiger partial charge in [0.15, 0.2) is 0 Å². The van der Waals surface area contributed by atoms with E-state index in [-0.39, 0.29) is 6.42 Å². The predicted octanol–water partition coefficient (Wildman–Crippen LogP) is 1.83. The summed E-state index contributed by atoms with van der Waals surface area (Å²) in [6.07, 6.45) is 0.0338. The molecule has 0 aromatic carbocycles. The fraction of sp³-hybridized carbons (Fsp3) is 0.250. The van der Waals surface area contributed by atoms with E-state index in [1.165, 1.54) is 11.3 Å². The summed E-state index contributed by atoms with van der Waals surface area (Å²) < 4.78 is 0. The molecule has 0 amide bonds. The molecule has 0 bridgehead atoms. The Morgan fingerprint density at radius 2 is 2.58 bits per heavy atom. The molecule has 1 heterocycles. The lowest BCUT2D eigenvalue weighted by molar-refractivity contribution is -0.138. The van der Waals surface area contributed by atoms with E-state index in [1.54, 1.807) is 11.4 Å². The molecule has 0 spiro atoms. The molecule has 0 aliphatic carbocycles. The number of carboxylic acid groups (broad SMARTS) is 1. The third-order valence-electron chi connectivity index (χ3n) is 1.54. The molecule has 1 rings (SSSR count). The summed E-state index contributed by atoms with van der Waals surface area (Å²) in [5.41, 5.74) is 0.717. The molecular formula is C8H7NO2S. The van der Waals surface area contributed by atoms with E-state index in [9.17, 15) is 4.79 Å². The zero-order valence-electron chi connectivity index (χ0n) is 6.23. The quantitative estimate of drug-likeness (QED) is 0.773. The van der Waals surface area contributed by atoms with Crippen LogP contribution in [0.25, 0.3) is 0 Å². The van der Waals surface area contributed by atoms with Crippen LogP contribution < -0.4 is 0 Å².